The average molecular weight is 340 g/mol. The molecule has 1 unspecified atom stereocenters. The minimum atomic E-state index is -0.291. The molecule has 2 aliphatic carbocycles. The number of benzene rings is 1. The number of halogens is 1. The van der Waals surface area contributed by atoms with Crippen LogP contribution in [0.4, 0.5) is 0 Å². The lowest BCUT2D eigenvalue weighted by Crippen LogP contribution is -2.28. The van der Waals surface area contributed by atoms with E-state index in [0.717, 1.165) is 29.7 Å². The lowest BCUT2D eigenvalue weighted by atomic mass is 10.0. The summed E-state index contributed by atoms with van der Waals surface area (Å²) in [6, 6.07) is 10.9. The van der Waals surface area contributed by atoms with Gasteiger partial charge in [-0.3, -0.25) is 0 Å². The molecule has 0 saturated heterocycles. The van der Waals surface area contributed by atoms with Gasteiger partial charge >= 0.3 is 5.97 Å². The van der Waals surface area contributed by atoms with Crippen LogP contribution in [0.15, 0.2) is 42.6 Å². The van der Waals surface area contributed by atoms with Crippen LogP contribution in [-0.4, -0.2) is 26.7 Å². The Morgan fingerprint density at radius 3 is 2.79 bits per heavy atom. The van der Waals surface area contributed by atoms with Gasteiger partial charge in [-0.1, -0.05) is 29.8 Å². The number of aromatic nitrogens is 3. The number of carbonyl (C=O) groups excluding carboxylic acids is 1. The third-order valence-corrected chi connectivity index (χ3v) is 5.48. The molecule has 0 aliphatic heterocycles. The van der Waals surface area contributed by atoms with E-state index < -0.39 is 0 Å². The predicted octanol–water partition coefficient (Wildman–Crippen LogP) is 3.20. The van der Waals surface area contributed by atoms with Crippen LogP contribution < -0.4 is 0 Å². The Morgan fingerprint density at radius 2 is 2.04 bits per heavy atom. The van der Waals surface area contributed by atoms with Crippen molar-refractivity contribution in [2.24, 2.45) is 0 Å². The Morgan fingerprint density at radius 1 is 1.25 bits per heavy atom. The highest BCUT2D eigenvalue weighted by atomic mass is 35.5. The van der Waals surface area contributed by atoms with Gasteiger partial charge in [0.25, 0.3) is 0 Å². The number of ether oxygens (including phenoxy) is 1. The molecule has 1 atom stereocenters. The standard InChI is InChI=1S/C18H14ClN3O2/c19-16-12-10-13(24-17(23)11-4-2-1-3-5-11)18(7-8-18)15(12)21-14-6-9-20-22(14)16/h1-6,9,13H,7-8,10H2. The Kier molecular flexibility index (Phi) is 2.80. The number of nitrogens with zero attached hydrogens (tertiary/aromatic N) is 3. The summed E-state index contributed by atoms with van der Waals surface area (Å²) in [5.74, 6) is -0.291. The molecule has 2 aliphatic rings. The van der Waals surface area contributed by atoms with Crippen LogP contribution >= 0.6 is 11.6 Å². The number of rotatable bonds is 2. The Hall–Kier alpha value is -2.40. The van der Waals surface area contributed by atoms with Crippen LogP contribution in [0.1, 0.15) is 34.5 Å². The molecule has 24 heavy (non-hydrogen) atoms. The highest BCUT2D eigenvalue weighted by Gasteiger charge is 2.59. The smallest absolute Gasteiger partial charge is 0.338 e. The zero-order valence-corrected chi connectivity index (χ0v) is 13.5. The normalized spacial score (nSPS) is 20.3. The van der Waals surface area contributed by atoms with E-state index in [1.807, 2.05) is 24.3 Å². The lowest BCUT2D eigenvalue weighted by Gasteiger charge is -2.19. The van der Waals surface area contributed by atoms with Crippen molar-refractivity contribution in [3.63, 3.8) is 0 Å². The number of hydrogen-bond donors (Lipinski definition) is 0. The van der Waals surface area contributed by atoms with Crippen molar-refractivity contribution < 1.29 is 9.53 Å². The van der Waals surface area contributed by atoms with E-state index >= 15 is 0 Å². The monoisotopic (exact) mass is 339 g/mol. The third kappa shape index (κ3) is 1.85. The van der Waals surface area contributed by atoms with Gasteiger partial charge in [0.2, 0.25) is 0 Å². The summed E-state index contributed by atoms with van der Waals surface area (Å²) >= 11 is 6.52. The Balaban J connectivity index is 1.52. The van der Waals surface area contributed by atoms with Crippen LogP contribution in [0.25, 0.3) is 5.65 Å². The van der Waals surface area contributed by atoms with Crippen molar-refractivity contribution in [3.8, 4) is 0 Å². The molecule has 0 radical (unpaired) electrons. The van der Waals surface area contributed by atoms with Gasteiger partial charge in [-0.2, -0.15) is 5.10 Å². The highest BCUT2D eigenvalue weighted by Crippen LogP contribution is 2.58. The number of esters is 1. The molecule has 5 rings (SSSR count). The number of carbonyl (C=O) groups is 1. The molecule has 3 aromatic rings. The summed E-state index contributed by atoms with van der Waals surface area (Å²) in [6.45, 7) is 0. The zero-order valence-electron chi connectivity index (χ0n) is 12.8. The van der Waals surface area contributed by atoms with Crippen molar-refractivity contribution in [1.82, 2.24) is 14.6 Å². The molecular weight excluding hydrogens is 326 g/mol. The molecule has 1 aromatic carbocycles. The Labute approximate surface area is 143 Å². The summed E-state index contributed by atoms with van der Waals surface area (Å²) in [6.07, 6.45) is 4.02. The minimum Gasteiger partial charge on any atom is -0.457 e. The van der Waals surface area contributed by atoms with Gasteiger partial charge in [-0.05, 0) is 25.0 Å². The van der Waals surface area contributed by atoms with Gasteiger partial charge in [0, 0.05) is 18.1 Å². The maximum atomic E-state index is 12.4. The quantitative estimate of drug-likeness (QED) is 0.531. The van der Waals surface area contributed by atoms with Gasteiger partial charge in [0.15, 0.2) is 5.65 Å². The van der Waals surface area contributed by atoms with Crippen LogP contribution in [0.2, 0.25) is 5.15 Å². The first-order valence-electron chi connectivity index (χ1n) is 7.98. The second kappa shape index (κ2) is 4.80. The SMILES string of the molecule is O=C(OC1Cc2c(nc3ccnn3c2Cl)C12CC2)c1ccccc1. The van der Waals surface area contributed by atoms with Crippen LogP contribution in [0, 0.1) is 0 Å². The highest BCUT2D eigenvalue weighted by molar-refractivity contribution is 6.30. The molecule has 0 amide bonds. The summed E-state index contributed by atoms with van der Waals surface area (Å²) in [5.41, 5.74) is 3.07. The van der Waals surface area contributed by atoms with E-state index in [4.69, 9.17) is 21.3 Å². The third-order valence-electron chi connectivity index (χ3n) is 5.09. The fourth-order valence-corrected chi connectivity index (χ4v) is 3.98. The van der Waals surface area contributed by atoms with E-state index in [0.29, 0.717) is 17.1 Å². The van der Waals surface area contributed by atoms with Crippen molar-refractivity contribution in [1.29, 1.82) is 0 Å². The van der Waals surface area contributed by atoms with E-state index in [1.165, 1.54) is 0 Å². The van der Waals surface area contributed by atoms with E-state index in [9.17, 15) is 4.79 Å². The van der Waals surface area contributed by atoms with Crippen LogP contribution in [0.5, 0.6) is 0 Å². The first-order valence-corrected chi connectivity index (χ1v) is 8.35. The van der Waals surface area contributed by atoms with Crippen molar-refractivity contribution in [2.75, 3.05) is 0 Å². The summed E-state index contributed by atoms with van der Waals surface area (Å²) in [7, 11) is 0. The summed E-state index contributed by atoms with van der Waals surface area (Å²) < 4.78 is 7.49. The molecule has 1 fully saturated rings. The van der Waals surface area contributed by atoms with Crippen molar-refractivity contribution in [2.45, 2.75) is 30.8 Å². The van der Waals surface area contributed by atoms with Gasteiger partial charge in [-0.25, -0.2) is 14.3 Å². The van der Waals surface area contributed by atoms with Gasteiger partial charge in [0.1, 0.15) is 11.3 Å². The molecule has 1 saturated carbocycles. The molecular formula is C18H14ClN3O2. The Bertz CT molecular complexity index is 963. The van der Waals surface area contributed by atoms with E-state index in [2.05, 4.69) is 5.10 Å². The largest absolute Gasteiger partial charge is 0.457 e. The zero-order chi connectivity index (χ0) is 16.3. The molecule has 0 bridgehead atoms. The molecule has 6 heteroatoms. The van der Waals surface area contributed by atoms with Gasteiger partial charge in [0.05, 0.1) is 22.9 Å². The van der Waals surface area contributed by atoms with E-state index in [1.54, 1.807) is 22.8 Å². The van der Waals surface area contributed by atoms with Gasteiger partial charge < -0.3 is 4.74 Å². The second-order valence-electron chi connectivity index (χ2n) is 6.45. The maximum Gasteiger partial charge on any atom is 0.338 e. The summed E-state index contributed by atoms with van der Waals surface area (Å²) in [5, 5.41) is 4.79. The number of hydrogen-bond acceptors (Lipinski definition) is 4. The van der Waals surface area contributed by atoms with E-state index in [-0.39, 0.29) is 17.5 Å². The maximum absolute atomic E-state index is 12.4. The predicted molar refractivity (Wildman–Crippen MR) is 88.3 cm³/mol. The van der Waals surface area contributed by atoms with Crippen molar-refractivity contribution >= 4 is 23.2 Å². The number of fused-ring (bicyclic) bond motifs is 3. The second-order valence-corrected chi connectivity index (χ2v) is 6.81. The van der Waals surface area contributed by atoms with Crippen molar-refractivity contribution in [3.05, 3.63) is 64.6 Å². The molecule has 0 N–H and O–H groups in total. The van der Waals surface area contributed by atoms with Gasteiger partial charge in [-0.15, -0.1) is 0 Å². The van der Waals surface area contributed by atoms with Crippen LogP contribution in [-0.2, 0) is 16.6 Å². The minimum absolute atomic E-state index is 0.171. The fraction of sp³-hybridized carbons (Fsp3) is 0.278. The summed E-state index contributed by atoms with van der Waals surface area (Å²) in [4.78, 5) is 17.2. The average Bonchev–Trinajstić information content (AvgIpc) is 3.17. The molecule has 120 valence electrons. The molecule has 1 spiro atoms. The first kappa shape index (κ1) is 14.0. The molecule has 5 nitrogen and oxygen atoms in total. The topological polar surface area (TPSA) is 56.5 Å². The lowest BCUT2D eigenvalue weighted by molar-refractivity contribution is 0.0234. The molecule has 2 aromatic heterocycles. The fourth-order valence-electron chi connectivity index (χ4n) is 3.69. The van der Waals surface area contributed by atoms with Crippen LogP contribution in [0.3, 0.4) is 0 Å². The molecule has 2 heterocycles. The first-order chi connectivity index (χ1) is 11.7.